The Balaban J connectivity index is 1.18. The number of hydrogen-bond donors (Lipinski definition) is 1. The van der Waals surface area contributed by atoms with Crippen LogP contribution in [0.15, 0.2) is 66.7 Å². The second kappa shape index (κ2) is 7.11. The summed E-state index contributed by atoms with van der Waals surface area (Å²) in [5, 5.41) is 4.23. The van der Waals surface area contributed by atoms with Gasteiger partial charge in [-0.1, -0.05) is 24.3 Å². The van der Waals surface area contributed by atoms with E-state index in [1.165, 1.54) is 17.8 Å². The number of benzene rings is 1. The number of para-hydroxylation sites is 1. The molecule has 0 aliphatic carbocycles. The lowest BCUT2D eigenvalue weighted by atomic mass is 10.2. The second-order valence-electron chi connectivity index (χ2n) is 6.44. The van der Waals surface area contributed by atoms with Crippen molar-refractivity contribution in [3.8, 4) is 0 Å². The van der Waals surface area contributed by atoms with Gasteiger partial charge in [-0.25, -0.2) is 0 Å². The fraction of sp³-hybridized carbons (Fsp3) is 0.368. The lowest BCUT2D eigenvalue weighted by Gasteiger charge is -2.36. The van der Waals surface area contributed by atoms with Crippen LogP contribution in [0.2, 0.25) is 0 Å². The van der Waals surface area contributed by atoms with Crippen LogP contribution in [0.3, 0.4) is 0 Å². The Morgan fingerprint density at radius 1 is 0.917 bits per heavy atom. The summed E-state index contributed by atoms with van der Waals surface area (Å²) in [6, 6.07) is 10.7. The molecule has 3 heterocycles. The van der Waals surface area contributed by atoms with Crippen molar-refractivity contribution >= 4 is 5.69 Å². The van der Waals surface area contributed by atoms with Crippen molar-refractivity contribution in [3.05, 3.63) is 66.7 Å². The second-order valence-corrected chi connectivity index (χ2v) is 6.44. The fourth-order valence-electron chi connectivity index (χ4n) is 3.43. The maximum atomic E-state index is 3.37. The van der Waals surface area contributed by atoms with Crippen molar-refractivity contribution in [3.63, 3.8) is 0 Å². The molecule has 1 aromatic rings. The van der Waals surface area contributed by atoms with E-state index in [1.54, 1.807) is 0 Å². The van der Waals surface area contributed by atoms with Crippen LogP contribution in [0.5, 0.6) is 0 Å². The summed E-state index contributed by atoms with van der Waals surface area (Å²) in [4.78, 5) is 5.06. The summed E-state index contributed by atoms with van der Waals surface area (Å²) in [6.07, 6.45) is 11.6. The average Bonchev–Trinajstić information content (AvgIpc) is 3.06. The number of rotatable bonds is 5. The van der Waals surface area contributed by atoms with Gasteiger partial charge in [0.25, 0.3) is 0 Å². The van der Waals surface area contributed by atoms with Crippen molar-refractivity contribution in [1.82, 2.24) is 20.5 Å². The molecule has 4 rings (SSSR count). The predicted octanol–water partition coefficient (Wildman–Crippen LogP) is 2.16. The van der Waals surface area contributed by atoms with E-state index in [4.69, 9.17) is 0 Å². The van der Waals surface area contributed by atoms with Gasteiger partial charge in [-0.05, 0) is 30.7 Å². The molecule has 0 bridgehead atoms. The van der Waals surface area contributed by atoms with Crippen molar-refractivity contribution in [2.75, 3.05) is 44.2 Å². The zero-order chi connectivity index (χ0) is 16.2. The Bertz CT molecular complexity index is 628. The normalized spacial score (nSPS) is 20.5. The topological polar surface area (TPSA) is 25.0 Å². The Morgan fingerprint density at radius 2 is 1.75 bits per heavy atom. The zero-order valence-electron chi connectivity index (χ0n) is 14.0. The maximum Gasteiger partial charge on any atom is 0.0762 e. The van der Waals surface area contributed by atoms with Crippen LogP contribution in [0.1, 0.15) is 6.42 Å². The molecule has 0 atom stereocenters. The van der Waals surface area contributed by atoms with E-state index in [0.717, 1.165) is 39.3 Å². The monoisotopic (exact) mass is 323 g/mol. The van der Waals surface area contributed by atoms with Gasteiger partial charge < -0.3 is 4.90 Å². The Morgan fingerprint density at radius 3 is 2.54 bits per heavy atom. The number of hydrazine groups is 2. The largest absolute Gasteiger partial charge is 0.369 e. The average molecular weight is 323 g/mol. The SMILES string of the molecule is C1=CC2=CN(CCCN3CCN(c4ccccc4)CC3)NN2C=C1. The molecule has 5 nitrogen and oxygen atoms in total. The molecule has 0 amide bonds. The number of nitrogens with one attached hydrogen (secondary N) is 1. The first kappa shape index (κ1) is 15.3. The highest BCUT2D eigenvalue weighted by atomic mass is 15.8. The lowest BCUT2D eigenvalue weighted by molar-refractivity contribution is 0.161. The van der Waals surface area contributed by atoms with Gasteiger partial charge >= 0.3 is 0 Å². The quantitative estimate of drug-likeness (QED) is 0.895. The van der Waals surface area contributed by atoms with Gasteiger partial charge in [-0.2, -0.15) is 0 Å². The highest BCUT2D eigenvalue weighted by Crippen LogP contribution is 2.17. The molecule has 1 aromatic carbocycles. The third-order valence-electron chi connectivity index (χ3n) is 4.78. The Kier molecular flexibility index (Phi) is 4.53. The molecule has 5 heteroatoms. The number of nitrogens with zero attached hydrogens (tertiary/aromatic N) is 4. The van der Waals surface area contributed by atoms with Crippen molar-refractivity contribution < 1.29 is 0 Å². The van der Waals surface area contributed by atoms with Crippen molar-refractivity contribution in [2.45, 2.75) is 6.42 Å². The summed E-state index contributed by atoms with van der Waals surface area (Å²) < 4.78 is 0. The number of hydrogen-bond acceptors (Lipinski definition) is 5. The van der Waals surface area contributed by atoms with E-state index < -0.39 is 0 Å². The van der Waals surface area contributed by atoms with Crippen LogP contribution in [0.4, 0.5) is 5.69 Å². The molecule has 1 fully saturated rings. The summed E-state index contributed by atoms with van der Waals surface area (Å²) >= 11 is 0. The summed E-state index contributed by atoms with van der Waals surface area (Å²) in [7, 11) is 0. The molecule has 0 radical (unpaired) electrons. The van der Waals surface area contributed by atoms with Crippen molar-refractivity contribution in [1.29, 1.82) is 0 Å². The number of allylic oxidation sites excluding steroid dienone is 3. The van der Waals surface area contributed by atoms with Gasteiger partial charge in [0.2, 0.25) is 0 Å². The highest BCUT2D eigenvalue weighted by molar-refractivity contribution is 5.46. The molecule has 3 aliphatic rings. The minimum absolute atomic E-state index is 1.03. The summed E-state index contributed by atoms with van der Waals surface area (Å²) in [5.74, 6) is 0. The number of anilines is 1. The third-order valence-corrected chi connectivity index (χ3v) is 4.78. The summed E-state index contributed by atoms with van der Waals surface area (Å²) in [5.41, 5.74) is 5.92. The molecule has 24 heavy (non-hydrogen) atoms. The fourth-order valence-corrected chi connectivity index (χ4v) is 3.43. The van der Waals surface area contributed by atoms with Gasteiger partial charge in [-0.3, -0.25) is 14.9 Å². The van der Waals surface area contributed by atoms with E-state index in [2.05, 4.69) is 80.2 Å². The summed E-state index contributed by atoms with van der Waals surface area (Å²) in [6.45, 7) is 6.75. The molecule has 0 spiro atoms. The minimum atomic E-state index is 1.03. The van der Waals surface area contributed by atoms with Gasteiger partial charge in [0.05, 0.1) is 5.70 Å². The smallest absolute Gasteiger partial charge is 0.0762 e. The molecular weight excluding hydrogens is 298 g/mol. The molecule has 0 aromatic heterocycles. The molecule has 0 unspecified atom stereocenters. The van der Waals surface area contributed by atoms with E-state index in [1.807, 2.05) is 6.08 Å². The van der Waals surface area contributed by atoms with E-state index in [0.29, 0.717) is 0 Å². The number of fused-ring (bicyclic) bond motifs is 1. The van der Waals surface area contributed by atoms with E-state index in [9.17, 15) is 0 Å². The van der Waals surface area contributed by atoms with E-state index in [-0.39, 0.29) is 0 Å². The molecule has 1 N–H and O–H groups in total. The van der Waals surface area contributed by atoms with Crippen molar-refractivity contribution in [2.24, 2.45) is 0 Å². The van der Waals surface area contributed by atoms with Crippen LogP contribution in [0, 0.1) is 0 Å². The first-order chi connectivity index (χ1) is 11.9. The standard InChI is InChI=1S/C19H25N5/c1-2-7-18(8-3-1)22-15-13-21(14-16-22)10-6-11-23-17-19-9-4-5-12-24(19)20-23/h1-5,7-9,12,17,20H,6,10-11,13-16H2. The predicted molar refractivity (Wildman–Crippen MR) is 97.8 cm³/mol. The van der Waals surface area contributed by atoms with Gasteiger partial charge in [-0.15, -0.1) is 5.53 Å². The van der Waals surface area contributed by atoms with Gasteiger partial charge in [0.15, 0.2) is 0 Å². The van der Waals surface area contributed by atoms with Gasteiger partial charge in [0.1, 0.15) is 0 Å². The van der Waals surface area contributed by atoms with E-state index >= 15 is 0 Å². The minimum Gasteiger partial charge on any atom is -0.369 e. The third kappa shape index (κ3) is 3.47. The van der Waals surface area contributed by atoms with Crippen LogP contribution in [0.25, 0.3) is 0 Å². The first-order valence-electron chi connectivity index (χ1n) is 8.80. The highest BCUT2D eigenvalue weighted by Gasteiger charge is 2.19. The van der Waals surface area contributed by atoms with Crippen LogP contribution in [-0.2, 0) is 0 Å². The van der Waals surface area contributed by atoms with Crippen LogP contribution < -0.4 is 10.4 Å². The van der Waals surface area contributed by atoms with Crippen LogP contribution in [-0.4, -0.2) is 54.2 Å². The molecule has 126 valence electrons. The maximum absolute atomic E-state index is 3.37. The van der Waals surface area contributed by atoms with Crippen LogP contribution >= 0.6 is 0 Å². The molecule has 1 saturated heterocycles. The molecule has 0 saturated carbocycles. The lowest BCUT2D eigenvalue weighted by Crippen LogP contribution is -2.47. The number of piperazine rings is 1. The first-order valence-corrected chi connectivity index (χ1v) is 8.80. The van der Waals surface area contributed by atoms with Gasteiger partial charge in [0, 0.05) is 57.4 Å². The molecular formula is C19H25N5. The zero-order valence-corrected chi connectivity index (χ0v) is 14.0. The Hall–Kier alpha value is -2.24. The Labute approximate surface area is 144 Å². The molecule has 3 aliphatic heterocycles.